The number of nitrogen functional groups attached to an aromatic ring is 1. The quantitative estimate of drug-likeness (QED) is 0.807. The zero-order valence-electron chi connectivity index (χ0n) is 8.99. The zero-order chi connectivity index (χ0) is 10.7. The van der Waals surface area contributed by atoms with Gasteiger partial charge in [-0.25, -0.2) is 4.98 Å². The highest BCUT2D eigenvalue weighted by Crippen LogP contribution is 2.21. The van der Waals surface area contributed by atoms with E-state index in [-0.39, 0.29) is 0 Å². The van der Waals surface area contributed by atoms with Crippen LogP contribution in [-0.2, 0) is 0 Å². The van der Waals surface area contributed by atoms with E-state index in [1.165, 1.54) is 24.3 Å². The van der Waals surface area contributed by atoms with Gasteiger partial charge in [0.25, 0.3) is 0 Å². The number of anilines is 2. The molecule has 1 aliphatic rings. The topological polar surface area (TPSA) is 50.9 Å². The number of hydrogen-bond donors (Lipinski definition) is 2. The van der Waals surface area contributed by atoms with Gasteiger partial charge in [0.15, 0.2) is 0 Å². The highest BCUT2D eigenvalue weighted by molar-refractivity contribution is 7.99. The minimum Gasteiger partial charge on any atom is -0.398 e. The SMILES string of the molecule is Cc1cnc(NC2CCCSC2)cc1N. The third-order valence-corrected chi connectivity index (χ3v) is 3.87. The summed E-state index contributed by atoms with van der Waals surface area (Å²) in [7, 11) is 0. The van der Waals surface area contributed by atoms with Gasteiger partial charge in [0.1, 0.15) is 5.82 Å². The first-order chi connectivity index (χ1) is 7.25. The summed E-state index contributed by atoms with van der Waals surface area (Å²) in [6.45, 7) is 1.97. The lowest BCUT2D eigenvalue weighted by atomic mass is 10.2. The average molecular weight is 223 g/mol. The predicted octanol–water partition coefficient (Wildman–Crippen LogP) is 2.28. The maximum absolute atomic E-state index is 5.84. The Morgan fingerprint density at radius 3 is 3.13 bits per heavy atom. The molecule has 82 valence electrons. The van der Waals surface area contributed by atoms with Crippen LogP contribution in [0.3, 0.4) is 0 Å². The molecule has 2 rings (SSSR count). The van der Waals surface area contributed by atoms with Crippen molar-refractivity contribution in [2.24, 2.45) is 0 Å². The van der Waals surface area contributed by atoms with E-state index in [0.717, 1.165) is 17.1 Å². The Hall–Kier alpha value is -0.900. The second-order valence-corrected chi connectivity index (χ2v) is 5.13. The molecule has 1 aromatic rings. The Morgan fingerprint density at radius 2 is 2.47 bits per heavy atom. The van der Waals surface area contributed by atoms with Crippen molar-refractivity contribution >= 4 is 23.3 Å². The second-order valence-electron chi connectivity index (χ2n) is 3.98. The smallest absolute Gasteiger partial charge is 0.128 e. The molecule has 1 aliphatic heterocycles. The lowest BCUT2D eigenvalue weighted by molar-refractivity contribution is 0.682. The normalized spacial score (nSPS) is 21.3. The summed E-state index contributed by atoms with van der Waals surface area (Å²) in [5, 5.41) is 3.44. The van der Waals surface area contributed by atoms with Crippen molar-refractivity contribution in [2.75, 3.05) is 22.6 Å². The van der Waals surface area contributed by atoms with E-state index < -0.39 is 0 Å². The molecule has 15 heavy (non-hydrogen) atoms. The molecule has 1 saturated heterocycles. The molecular weight excluding hydrogens is 206 g/mol. The molecule has 1 fully saturated rings. The molecular formula is C11H17N3S. The van der Waals surface area contributed by atoms with Gasteiger partial charge in [0, 0.05) is 29.7 Å². The Bertz CT molecular complexity index is 335. The van der Waals surface area contributed by atoms with Crippen LogP contribution in [0.25, 0.3) is 0 Å². The van der Waals surface area contributed by atoms with E-state index >= 15 is 0 Å². The van der Waals surface area contributed by atoms with E-state index in [2.05, 4.69) is 10.3 Å². The maximum Gasteiger partial charge on any atom is 0.128 e. The van der Waals surface area contributed by atoms with Gasteiger partial charge in [-0.05, 0) is 31.1 Å². The minimum absolute atomic E-state index is 0.554. The van der Waals surface area contributed by atoms with Crippen molar-refractivity contribution < 1.29 is 0 Å². The molecule has 0 aromatic carbocycles. The van der Waals surface area contributed by atoms with Crippen LogP contribution in [0.4, 0.5) is 11.5 Å². The highest BCUT2D eigenvalue weighted by Gasteiger charge is 2.13. The third kappa shape index (κ3) is 2.78. The molecule has 0 radical (unpaired) electrons. The molecule has 1 atom stereocenters. The lowest BCUT2D eigenvalue weighted by Crippen LogP contribution is -2.26. The zero-order valence-corrected chi connectivity index (χ0v) is 9.81. The number of nitrogens with two attached hydrogens (primary N) is 1. The summed E-state index contributed by atoms with van der Waals surface area (Å²) in [4.78, 5) is 4.33. The molecule has 0 aliphatic carbocycles. The van der Waals surface area contributed by atoms with Crippen molar-refractivity contribution in [3.05, 3.63) is 17.8 Å². The number of pyridine rings is 1. The average Bonchev–Trinajstić information content (AvgIpc) is 2.25. The van der Waals surface area contributed by atoms with Gasteiger partial charge in [-0.2, -0.15) is 11.8 Å². The van der Waals surface area contributed by atoms with Gasteiger partial charge in [0.05, 0.1) is 0 Å². The van der Waals surface area contributed by atoms with Gasteiger partial charge >= 0.3 is 0 Å². The fourth-order valence-corrected chi connectivity index (χ4v) is 2.75. The minimum atomic E-state index is 0.554. The fraction of sp³-hybridized carbons (Fsp3) is 0.545. The van der Waals surface area contributed by atoms with Crippen LogP contribution in [0, 0.1) is 6.92 Å². The Kier molecular flexibility index (Phi) is 3.36. The fourth-order valence-electron chi connectivity index (χ4n) is 1.68. The standard InChI is InChI=1S/C11H17N3S/c1-8-6-13-11(5-10(8)12)14-9-3-2-4-15-7-9/h5-6,9H,2-4,7H2,1H3,(H3,12,13,14). The van der Waals surface area contributed by atoms with Crippen molar-refractivity contribution in [1.29, 1.82) is 0 Å². The number of rotatable bonds is 2. The van der Waals surface area contributed by atoms with Gasteiger partial charge < -0.3 is 11.1 Å². The molecule has 3 N–H and O–H groups in total. The van der Waals surface area contributed by atoms with Gasteiger partial charge in [-0.1, -0.05) is 0 Å². The maximum atomic E-state index is 5.84. The summed E-state index contributed by atoms with van der Waals surface area (Å²) in [6.07, 6.45) is 4.36. The first kappa shape index (κ1) is 10.6. The van der Waals surface area contributed by atoms with Crippen LogP contribution in [0.5, 0.6) is 0 Å². The Labute approximate surface area is 94.8 Å². The molecule has 0 amide bonds. The summed E-state index contributed by atoms with van der Waals surface area (Å²) in [5.41, 5.74) is 7.70. The van der Waals surface area contributed by atoms with E-state index in [1.54, 1.807) is 0 Å². The number of nitrogens with zero attached hydrogens (tertiary/aromatic N) is 1. The second kappa shape index (κ2) is 4.75. The number of aryl methyl sites for hydroxylation is 1. The summed E-state index contributed by atoms with van der Waals surface area (Å²) in [6, 6.07) is 2.48. The van der Waals surface area contributed by atoms with E-state index in [0.29, 0.717) is 6.04 Å². The van der Waals surface area contributed by atoms with Crippen LogP contribution in [0.2, 0.25) is 0 Å². The van der Waals surface area contributed by atoms with Crippen molar-refractivity contribution in [3.63, 3.8) is 0 Å². The van der Waals surface area contributed by atoms with E-state index in [1.807, 2.05) is 30.9 Å². The highest BCUT2D eigenvalue weighted by atomic mass is 32.2. The monoisotopic (exact) mass is 223 g/mol. The van der Waals surface area contributed by atoms with Crippen molar-refractivity contribution in [1.82, 2.24) is 4.98 Å². The number of hydrogen-bond acceptors (Lipinski definition) is 4. The molecule has 0 spiro atoms. The molecule has 3 nitrogen and oxygen atoms in total. The molecule has 0 saturated carbocycles. The number of aromatic nitrogens is 1. The summed E-state index contributed by atoms with van der Waals surface area (Å²) >= 11 is 2.01. The van der Waals surface area contributed by atoms with Gasteiger partial charge in [-0.3, -0.25) is 0 Å². The molecule has 0 bridgehead atoms. The van der Waals surface area contributed by atoms with Crippen molar-refractivity contribution in [3.8, 4) is 0 Å². The molecule has 4 heteroatoms. The largest absolute Gasteiger partial charge is 0.398 e. The van der Waals surface area contributed by atoms with E-state index in [9.17, 15) is 0 Å². The molecule has 1 unspecified atom stereocenters. The molecule has 2 heterocycles. The van der Waals surface area contributed by atoms with Gasteiger partial charge in [0.2, 0.25) is 0 Å². The summed E-state index contributed by atoms with van der Waals surface area (Å²) in [5.74, 6) is 3.38. The third-order valence-electron chi connectivity index (χ3n) is 2.66. The van der Waals surface area contributed by atoms with Crippen LogP contribution in [0.1, 0.15) is 18.4 Å². The van der Waals surface area contributed by atoms with Crippen LogP contribution < -0.4 is 11.1 Å². The first-order valence-corrected chi connectivity index (χ1v) is 6.47. The van der Waals surface area contributed by atoms with Crippen LogP contribution in [-0.4, -0.2) is 22.5 Å². The predicted molar refractivity (Wildman–Crippen MR) is 67.4 cm³/mol. The Morgan fingerprint density at radius 1 is 1.60 bits per heavy atom. The molecule has 1 aromatic heterocycles. The van der Waals surface area contributed by atoms with Gasteiger partial charge in [-0.15, -0.1) is 0 Å². The first-order valence-electron chi connectivity index (χ1n) is 5.32. The van der Waals surface area contributed by atoms with Crippen LogP contribution >= 0.6 is 11.8 Å². The van der Waals surface area contributed by atoms with E-state index in [4.69, 9.17) is 5.73 Å². The van der Waals surface area contributed by atoms with Crippen LogP contribution in [0.15, 0.2) is 12.3 Å². The lowest BCUT2D eigenvalue weighted by Gasteiger charge is -2.23. The summed E-state index contributed by atoms with van der Waals surface area (Å²) < 4.78 is 0. The number of nitrogens with one attached hydrogen (secondary N) is 1. The number of thioether (sulfide) groups is 1. The van der Waals surface area contributed by atoms with Crippen molar-refractivity contribution in [2.45, 2.75) is 25.8 Å². The Balaban J connectivity index is 2.00.